The summed E-state index contributed by atoms with van der Waals surface area (Å²) in [6, 6.07) is 7.91. The first-order valence-electron chi connectivity index (χ1n) is 6.63. The molecule has 0 fully saturated rings. The number of nitrogens with zero attached hydrogens (tertiary/aromatic N) is 1. The van der Waals surface area contributed by atoms with E-state index >= 15 is 0 Å². The van der Waals surface area contributed by atoms with E-state index in [-0.39, 0.29) is 12.1 Å². The van der Waals surface area contributed by atoms with E-state index in [9.17, 15) is 0 Å². The molecule has 0 spiro atoms. The van der Waals surface area contributed by atoms with Crippen molar-refractivity contribution in [2.75, 3.05) is 5.32 Å². The highest BCUT2D eigenvalue weighted by atomic mass is 16.5. The van der Waals surface area contributed by atoms with Crippen molar-refractivity contribution in [2.24, 2.45) is 10.8 Å². The van der Waals surface area contributed by atoms with E-state index in [1.165, 1.54) is 0 Å². The fraction of sp³-hybridized carbons (Fsp3) is 0.500. The zero-order valence-corrected chi connectivity index (χ0v) is 12.1. The molecule has 19 heavy (non-hydrogen) atoms. The molecule has 0 aliphatic carbocycles. The maximum atomic E-state index is 5.77. The number of guanidine groups is 1. The third-order valence-electron chi connectivity index (χ3n) is 2.53. The second-order valence-corrected chi connectivity index (χ2v) is 4.71. The minimum atomic E-state index is 0.165. The predicted molar refractivity (Wildman–Crippen MR) is 80.3 cm³/mol. The summed E-state index contributed by atoms with van der Waals surface area (Å²) in [6.07, 6.45) is 1.17. The van der Waals surface area contributed by atoms with E-state index in [0.717, 1.165) is 17.9 Å². The Balaban J connectivity index is 2.76. The van der Waals surface area contributed by atoms with E-state index in [1.54, 1.807) is 0 Å². The molecule has 1 aromatic rings. The monoisotopic (exact) mass is 264 g/mol. The highest BCUT2D eigenvalue weighted by molar-refractivity contribution is 5.93. The molecule has 0 saturated heterocycles. The topological polar surface area (TPSA) is 71.7 Å². The molecular weight excluding hydrogens is 240 g/mol. The number of hydrazine groups is 1. The highest BCUT2D eigenvalue weighted by Crippen LogP contribution is 2.19. The summed E-state index contributed by atoms with van der Waals surface area (Å²) in [5.74, 6) is 6.81. The van der Waals surface area contributed by atoms with Gasteiger partial charge in [-0.25, -0.2) is 10.8 Å². The van der Waals surface area contributed by atoms with Gasteiger partial charge in [0.05, 0.1) is 6.10 Å². The zero-order valence-electron chi connectivity index (χ0n) is 12.1. The maximum Gasteiger partial charge on any atom is 0.210 e. The number of ether oxygens (including phenoxy) is 1. The van der Waals surface area contributed by atoms with Crippen molar-refractivity contribution in [3.63, 3.8) is 0 Å². The van der Waals surface area contributed by atoms with Gasteiger partial charge in [0.2, 0.25) is 5.96 Å². The number of benzene rings is 1. The fourth-order valence-electron chi connectivity index (χ4n) is 1.46. The Bertz CT molecular complexity index is 418. The molecular formula is C14H24N4O. The first kappa shape index (κ1) is 15.3. The average Bonchev–Trinajstić information content (AvgIpc) is 2.37. The third kappa shape index (κ3) is 5.61. The summed E-state index contributed by atoms with van der Waals surface area (Å²) >= 11 is 0. The summed E-state index contributed by atoms with van der Waals surface area (Å²) < 4.78 is 5.77. The second kappa shape index (κ2) is 7.63. The number of nitrogens with one attached hydrogen (secondary N) is 2. The lowest BCUT2D eigenvalue weighted by Crippen LogP contribution is -2.36. The minimum Gasteiger partial charge on any atom is -0.491 e. The van der Waals surface area contributed by atoms with Crippen LogP contribution >= 0.6 is 0 Å². The quantitative estimate of drug-likeness (QED) is 0.331. The lowest BCUT2D eigenvalue weighted by atomic mass is 10.3. The summed E-state index contributed by atoms with van der Waals surface area (Å²) in [4.78, 5) is 4.33. The van der Waals surface area contributed by atoms with E-state index in [1.807, 2.05) is 45.0 Å². The van der Waals surface area contributed by atoms with Crippen molar-refractivity contribution in [2.45, 2.75) is 46.3 Å². The van der Waals surface area contributed by atoms with Crippen LogP contribution in [0, 0.1) is 0 Å². The Kier molecular flexibility index (Phi) is 6.15. The first-order valence-corrected chi connectivity index (χ1v) is 6.63. The molecule has 1 rings (SSSR count). The van der Waals surface area contributed by atoms with Gasteiger partial charge >= 0.3 is 0 Å². The summed E-state index contributed by atoms with van der Waals surface area (Å²) in [7, 11) is 0. The lowest BCUT2D eigenvalue weighted by Gasteiger charge is -2.15. The molecule has 1 unspecified atom stereocenters. The predicted octanol–water partition coefficient (Wildman–Crippen LogP) is 2.50. The Hall–Kier alpha value is -1.75. The molecule has 5 nitrogen and oxygen atoms in total. The smallest absolute Gasteiger partial charge is 0.210 e. The molecule has 0 amide bonds. The second-order valence-electron chi connectivity index (χ2n) is 4.71. The van der Waals surface area contributed by atoms with Gasteiger partial charge in [-0.05, 0) is 39.3 Å². The number of aliphatic imine (C=N–C) groups is 1. The van der Waals surface area contributed by atoms with Crippen LogP contribution in [0.1, 0.15) is 34.1 Å². The SMILES string of the molecule is CCC(C)Oc1cccc(NC(=NC(C)C)NN)c1. The molecule has 0 saturated carbocycles. The molecule has 0 aliphatic rings. The summed E-state index contributed by atoms with van der Waals surface area (Å²) in [6.45, 7) is 8.12. The van der Waals surface area contributed by atoms with Gasteiger partial charge < -0.3 is 10.1 Å². The van der Waals surface area contributed by atoms with Gasteiger partial charge in [0.15, 0.2) is 0 Å². The van der Waals surface area contributed by atoms with Crippen molar-refractivity contribution in [3.05, 3.63) is 24.3 Å². The molecule has 0 heterocycles. The molecule has 0 aromatic heterocycles. The summed E-state index contributed by atoms with van der Waals surface area (Å²) in [5, 5.41) is 3.13. The number of nitrogens with two attached hydrogens (primary N) is 1. The van der Waals surface area contributed by atoms with Gasteiger partial charge in [-0.15, -0.1) is 0 Å². The number of hydrogen-bond acceptors (Lipinski definition) is 3. The number of anilines is 1. The first-order chi connectivity index (χ1) is 9.05. The average molecular weight is 264 g/mol. The Morgan fingerprint density at radius 2 is 2.11 bits per heavy atom. The van der Waals surface area contributed by atoms with Crippen molar-refractivity contribution >= 4 is 11.6 Å². The van der Waals surface area contributed by atoms with Gasteiger partial charge in [-0.1, -0.05) is 13.0 Å². The molecule has 1 atom stereocenters. The van der Waals surface area contributed by atoms with Crippen LogP contribution in [-0.4, -0.2) is 18.1 Å². The van der Waals surface area contributed by atoms with Crippen LogP contribution in [0.15, 0.2) is 29.3 Å². The molecule has 0 bridgehead atoms. The van der Waals surface area contributed by atoms with Crippen LogP contribution in [-0.2, 0) is 0 Å². The van der Waals surface area contributed by atoms with Crippen molar-refractivity contribution < 1.29 is 4.74 Å². The maximum absolute atomic E-state index is 5.77. The standard InChI is InChI=1S/C14H24N4O/c1-5-11(4)19-13-8-6-7-12(9-13)17-14(18-15)16-10(2)3/h6-11H,5,15H2,1-4H3,(H2,16,17,18). The Morgan fingerprint density at radius 3 is 2.68 bits per heavy atom. The van der Waals surface area contributed by atoms with E-state index in [4.69, 9.17) is 10.6 Å². The van der Waals surface area contributed by atoms with Crippen LogP contribution in [0.25, 0.3) is 0 Å². The van der Waals surface area contributed by atoms with Gasteiger partial charge in [0.1, 0.15) is 5.75 Å². The molecule has 4 N–H and O–H groups in total. The van der Waals surface area contributed by atoms with Crippen molar-refractivity contribution in [3.8, 4) is 5.75 Å². The lowest BCUT2D eigenvalue weighted by molar-refractivity contribution is 0.217. The van der Waals surface area contributed by atoms with E-state index in [2.05, 4.69) is 22.7 Å². The van der Waals surface area contributed by atoms with E-state index in [0.29, 0.717) is 5.96 Å². The molecule has 5 heteroatoms. The molecule has 1 aromatic carbocycles. The third-order valence-corrected chi connectivity index (χ3v) is 2.53. The molecule has 0 aliphatic heterocycles. The highest BCUT2D eigenvalue weighted by Gasteiger charge is 2.04. The zero-order chi connectivity index (χ0) is 14.3. The van der Waals surface area contributed by atoms with Crippen molar-refractivity contribution in [1.82, 2.24) is 5.43 Å². The minimum absolute atomic E-state index is 0.165. The molecule has 0 radical (unpaired) electrons. The summed E-state index contributed by atoms with van der Waals surface area (Å²) in [5.41, 5.74) is 3.44. The van der Waals surface area contributed by atoms with Gasteiger partial charge in [0, 0.05) is 17.8 Å². The Labute approximate surface area is 115 Å². The van der Waals surface area contributed by atoms with Gasteiger partial charge in [-0.2, -0.15) is 0 Å². The van der Waals surface area contributed by atoms with Gasteiger partial charge in [-0.3, -0.25) is 5.43 Å². The van der Waals surface area contributed by atoms with Crippen LogP contribution in [0.2, 0.25) is 0 Å². The Morgan fingerprint density at radius 1 is 1.37 bits per heavy atom. The van der Waals surface area contributed by atoms with Gasteiger partial charge in [0.25, 0.3) is 0 Å². The van der Waals surface area contributed by atoms with Crippen LogP contribution in [0.3, 0.4) is 0 Å². The fourth-order valence-corrected chi connectivity index (χ4v) is 1.46. The van der Waals surface area contributed by atoms with Crippen LogP contribution < -0.4 is 21.3 Å². The normalized spacial score (nSPS) is 13.3. The van der Waals surface area contributed by atoms with E-state index < -0.39 is 0 Å². The number of rotatable bonds is 5. The largest absolute Gasteiger partial charge is 0.491 e. The van der Waals surface area contributed by atoms with Crippen LogP contribution in [0.4, 0.5) is 5.69 Å². The molecule has 106 valence electrons. The van der Waals surface area contributed by atoms with Crippen molar-refractivity contribution in [1.29, 1.82) is 0 Å². The number of hydrogen-bond donors (Lipinski definition) is 3. The van der Waals surface area contributed by atoms with Crippen LogP contribution in [0.5, 0.6) is 5.75 Å².